The molecule has 0 unspecified atom stereocenters. The maximum absolute atomic E-state index is 12.7. The number of rotatable bonds is 3. The second-order valence-electron chi connectivity index (χ2n) is 6.34. The Morgan fingerprint density at radius 3 is 2.22 bits per heavy atom. The molecule has 1 aliphatic heterocycles. The minimum atomic E-state index is -3.36. The second-order valence-corrected chi connectivity index (χ2v) is 8.09. The predicted octanol–water partition coefficient (Wildman–Crippen LogP) is 4.03. The van der Waals surface area contributed by atoms with Gasteiger partial charge in [0.2, 0.25) is 10.0 Å². The largest absolute Gasteiger partial charge is 0.353 e. The summed E-state index contributed by atoms with van der Waals surface area (Å²) in [5.74, 6) is -0.199. The maximum Gasteiger partial charge on any atom is 0.257 e. The molecule has 3 aromatic rings. The summed E-state index contributed by atoms with van der Waals surface area (Å²) in [4.78, 5) is 12.7. The Labute approximate surface area is 157 Å². The number of benzene rings is 3. The van der Waals surface area contributed by atoms with E-state index in [1.807, 2.05) is 42.5 Å². The van der Waals surface area contributed by atoms with E-state index in [2.05, 4.69) is 15.4 Å². The third-order valence-corrected chi connectivity index (χ3v) is 4.81. The molecule has 0 spiro atoms. The van der Waals surface area contributed by atoms with E-state index in [1.165, 1.54) is 0 Å². The smallest absolute Gasteiger partial charge is 0.257 e. The molecule has 7 heteroatoms. The van der Waals surface area contributed by atoms with E-state index < -0.39 is 10.0 Å². The van der Waals surface area contributed by atoms with Crippen molar-refractivity contribution in [1.82, 2.24) is 0 Å². The van der Waals surface area contributed by atoms with Gasteiger partial charge >= 0.3 is 0 Å². The zero-order valence-corrected chi connectivity index (χ0v) is 15.3. The summed E-state index contributed by atoms with van der Waals surface area (Å²) >= 11 is 0. The minimum Gasteiger partial charge on any atom is -0.353 e. The first-order valence-electron chi connectivity index (χ1n) is 8.29. The standard InChI is InChI=1S/C20H17N3O3S/c1-27(25,26)23-15-6-4-5-13(11-15)14-9-10-17-16(12-14)20(24)22-19-8-3-2-7-18(19)21-17/h2-12,21,23H,1H3,(H,22,24). The molecule has 0 saturated heterocycles. The van der Waals surface area contributed by atoms with Crippen molar-refractivity contribution in [3.63, 3.8) is 0 Å². The number of carbonyl (C=O) groups excluding carboxylic acids is 1. The van der Waals surface area contributed by atoms with Crippen LogP contribution in [0.5, 0.6) is 0 Å². The van der Waals surface area contributed by atoms with Crippen molar-refractivity contribution in [3.8, 4) is 11.1 Å². The average molecular weight is 379 g/mol. The van der Waals surface area contributed by atoms with E-state index in [0.29, 0.717) is 16.9 Å². The monoisotopic (exact) mass is 379 g/mol. The third-order valence-electron chi connectivity index (χ3n) is 4.21. The second kappa shape index (κ2) is 6.44. The Kier molecular flexibility index (Phi) is 4.08. The molecule has 0 aliphatic carbocycles. The van der Waals surface area contributed by atoms with Crippen molar-refractivity contribution < 1.29 is 13.2 Å². The first-order chi connectivity index (χ1) is 12.9. The lowest BCUT2D eigenvalue weighted by Gasteiger charge is -2.11. The maximum atomic E-state index is 12.7. The fourth-order valence-corrected chi connectivity index (χ4v) is 3.59. The van der Waals surface area contributed by atoms with Gasteiger partial charge in [0, 0.05) is 5.69 Å². The summed E-state index contributed by atoms with van der Waals surface area (Å²) in [5, 5.41) is 6.19. The third kappa shape index (κ3) is 3.63. The van der Waals surface area contributed by atoms with Gasteiger partial charge in [-0.1, -0.05) is 30.3 Å². The van der Waals surface area contributed by atoms with Crippen LogP contribution in [-0.2, 0) is 10.0 Å². The molecule has 3 N–H and O–H groups in total. The van der Waals surface area contributed by atoms with Crippen molar-refractivity contribution in [3.05, 3.63) is 72.3 Å². The molecule has 0 radical (unpaired) electrons. The summed E-state index contributed by atoms with van der Waals surface area (Å²) in [5.41, 5.74) is 4.88. The normalized spacial score (nSPS) is 12.9. The summed E-state index contributed by atoms with van der Waals surface area (Å²) in [7, 11) is -3.36. The van der Waals surface area contributed by atoms with Gasteiger partial charge in [0.1, 0.15) is 0 Å². The zero-order chi connectivity index (χ0) is 19.0. The Morgan fingerprint density at radius 2 is 1.48 bits per heavy atom. The fraction of sp³-hybridized carbons (Fsp3) is 0.0500. The first-order valence-corrected chi connectivity index (χ1v) is 10.2. The van der Waals surface area contributed by atoms with Crippen LogP contribution in [0.15, 0.2) is 66.7 Å². The summed E-state index contributed by atoms with van der Waals surface area (Å²) in [6.45, 7) is 0. The lowest BCUT2D eigenvalue weighted by atomic mass is 10.0. The number of sulfonamides is 1. The van der Waals surface area contributed by atoms with Gasteiger partial charge in [-0.2, -0.15) is 0 Å². The SMILES string of the molecule is CS(=O)(=O)Nc1cccc(-c2ccc3c(c2)C(=O)Nc2ccccc2N3)c1. The van der Waals surface area contributed by atoms with Gasteiger partial charge in [0.25, 0.3) is 5.91 Å². The number of anilines is 4. The van der Waals surface area contributed by atoms with Crippen LogP contribution in [0, 0.1) is 0 Å². The van der Waals surface area contributed by atoms with Crippen molar-refractivity contribution >= 4 is 38.7 Å². The van der Waals surface area contributed by atoms with Crippen molar-refractivity contribution in [1.29, 1.82) is 0 Å². The Morgan fingerprint density at radius 1 is 0.778 bits per heavy atom. The summed E-state index contributed by atoms with van der Waals surface area (Å²) < 4.78 is 25.4. The number of hydrogen-bond donors (Lipinski definition) is 3. The average Bonchev–Trinajstić information content (AvgIpc) is 2.76. The number of para-hydroxylation sites is 2. The van der Waals surface area contributed by atoms with Gasteiger partial charge in [0.05, 0.1) is 28.9 Å². The molecule has 4 rings (SSSR count). The molecule has 0 saturated carbocycles. The van der Waals surface area contributed by atoms with E-state index in [0.717, 1.165) is 28.8 Å². The first kappa shape index (κ1) is 17.1. The van der Waals surface area contributed by atoms with Gasteiger partial charge in [0.15, 0.2) is 0 Å². The van der Waals surface area contributed by atoms with Crippen LogP contribution in [-0.4, -0.2) is 20.6 Å². The molecule has 1 aliphatic rings. The minimum absolute atomic E-state index is 0.199. The molecule has 27 heavy (non-hydrogen) atoms. The van der Waals surface area contributed by atoms with E-state index in [1.54, 1.807) is 24.3 Å². The van der Waals surface area contributed by atoms with Crippen molar-refractivity contribution in [2.45, 2.75) is 0 Å². The molecule has 0 bridgehead atoms. The van der Waals surface area contributed by atoms with E-state index in [-0.39, 0.29) is 5.91 Å². The highest BCUT2D eigenvalue weighted by Gasteiger charge is 2.19. The quantitative estimate of drug-likeness (QED) is 0.641. The lowest BCUT2D eigenvalue weighted by Crippen LogP contribution is -2.11. The molecule has 1 heterocycles. The van der Waals surface area contributed by atoms with Gasteiger partial charge in [-0.15, -0.1) is 0 Å². The predicted molar refractivity (Wildman–Crippen MR) is 108 cm³/mol. The van der Waals surface area contributed by atoms with E-state index in [9.17, 15) is 13.2 Å². The topological polar surface area (TPSA) is 87.3 Å². The molecule has 0 atom stereocenters. The molecule has 3 aromatic carbocycles. The molecule has 0 fully saturated rings. The van der Waals surface area contributed by atoms with Crippen molar-refractivity contribution in [2.24, 2.45) is 0 Å². The molecule has 0 aromatic heterocycles. The van der Waals surface area contributed by atoms with Gasteiger partial charge in [-0.25, -0.2) is 8.42 Å². The number of carbonyl (C=O) groups is 1. The Hall–Kier alpha value is -3.32. The molecule has 6 nitrogen and oxygen atoms in total. The number of fused-ring (bicyclic) bond motifs is 2. The zero-order valence-electron chi connectivity index (χ0n) is 14.5. The number of amides is 1. The summed E-state index contributed by atoms with van der Waals surface area (Å²) in [6.07, 6.45) is 1.11. The Balaban J connectivity index is 1.73. The van der Waals surface area contributed by atoms with Crippen LogP contribution < -0.4 is 15.4 Å². The van der Waals surface area contributed by atoms with E-state index in [4.69, 9.17) is 0 Å². The fourth-order valence-electron chi connectivity index (χ4n) is 3.03. The number of hydrogen-bond acceptors (Lipinski definition) is 4. The van der Waals surface area contributed by atoms with Gasteiger partial charge < -0.3 is 10.6 Å². The van der Waals surface area contributed by atoms with Crippen LogP contribution >= 0.6 is 0 Å². The molecule has 1 amide bonds. The number of nitrogens with one attached hydrogen (secondary N) is 3. The van der Waals surface area contributed by atoms with Crippen LogP contribution in [0.3, 0.4) is 0 Å². The van der Waals surface area contributed by atoms with Crippen LogP contribution in [0.1, 0.15) is 10.4 Å². The van der Waals surface area contributed by atoms with Crippen LogP contribution in [0.25, 0.3) is 11.1 Å². The Bertz CT molecular complexity index is 1160. The van der Waals surface area contributed by atoms with E-state index >= 15 is 0 Å². The summed E-state index contributed by atoms with van der Waals surface area (Å²) in [6, 6.07) is 20.1. The highest BCUT2D eigenvalue weighted by molar-refractivity contribution is 7.92. The lowest BCUT2D eigenvalue weighted by molar-refractivity contribution is 0.102. The highest BCUT2D eigenvalue weighted by Crippen LogP contribution is 2.34. The van der Waals surface area contributed by atoms with Gasteiger partial charge in [-0.3, -0.25) is 9.52 Å². The van der Waals surface area contributed by atoms with Crippen LogP contribution in [0.2, 0.25) is 0 Å². The highest BCUT2D eigenvalue weighted by atomic mass is 32.2. The van der Waals surface area contributed by atoms with Crippen LogP contribution in [0.4, 0.5) is 22.7 Å². The molecule has 136 valence electrons. The van der Waals surface area contributed by atoms with Gasteiger partial charge in [-0.05, 0) is 47.5 Å². The molecular formula is C20H17N3O3S. The van der Waals surface area contributed by atoms with Crippen molar-refractivity contribution in [2.75, 3.05) is 21.6 Å². The molecular weight excluding hydrogens is 362 g/mol.